The highest BCUT2D eigenvalue weighted by Gasteiger charge is 2.61. The predicted octanol–water partition coefficient (Wildman–Crippen LogP) is 2.80. The fourth-order valence-corrected chi connectivity index (χ4v) is 2.58. The Kier molecular flexibility index (Phi) is 4.25. The number of nitrogens with one attached hydrogen (secondary N) is 2. The lowest BCUT2D eigenvalue weighted by atomic mass is 9.85. The largest absolute Gasteiger partial charge is 0.404 e. The van der Waals surface area contributed by atoms with E-state index < -0.39 is 24.0 Å². The van der Waals surface area contributed by atoms with Gasteiger partial charge in [0, 0.05) is 11.0 Å². The third-order valence-electron chi connectivity index (χ3n) is 3.48. The smallest absolute Gasteiger partial charge is 0.324 e. The van der Waals surface area contributed by atoms with Crippen LogP contribution in [0.5, 0.6) is 0 Å². The summed E-state index contributed by atoms with van der Waals surface area (Å²) in [5.41, 5.74) is -2.29. The number of nitrogens with zero attached hydrogens (tertiary/aromatic N) is 1. The van der Waals surface area contributed by atoms with Crippen LogP contribution in [-0.4, -0.2) is 25.2 Å². The summed E-state index contributed by atoms with van der Waals surface area (Å²) in [5.74, 6) is -1.14. The van der Waals surface area contributed by atoms with Gasteiger partial charge in [-0.15, -0.1) is 0 Å². The van der Waals surface area contributed by atoms with Gasteiger partial charge in [-0.25, -0.2) is 0 Å². The molecule has 0 spiro atoms. The minimum Gasteiger partial charge on any atom is -0.324 e. The molecule has 1 atom stereocenters. The van der Waals surface area contributed by atoms with Gasteiger partial charge in [0.2, 0.25) is 5.91 Å². The van der Waals surface area contributed by atoms with Gasteiger partial charge >= 0.3 is 6.18 Å². The van der Waals surface area contributed by atoms with E-state index in [9.17, 15) is 18.0 Å². The van der Waals surface area contributed by atoms with Gasteiger partial charge in [-0.05, 0) is 31.2 Å². The minimum absolute atomic E-state index is 0.0624. The molecule has 0 aromatic heterocycles. The van der Waals surface area contributed by atoms with Crippen LogP contribution >= 0.6 is 15.9 Å². The van der Waals surface area contributed by atoms with E-state index in [-0.39, 0.29) is 24.2 Å². The lowest BCUT2D eigenvalue weighted by molar-refractivity contribution is -0.213. The van der Waals surface area contributed by atoms with E-state index in [1.807, 2.05) is 6.07 Å². The number of carbonyl (C=O) groups excluding carboxylic acids is 1. The second-order valence-electron chi connectivity index (χ2n) is 4.76. The zero-order valence-corrected chi connectivity index (χ0v) is 12.3. The Balaban J connectivity index is 2.33. The highest BCUT2D eigenvalue weighted by Crippen LogP contribution is 2.44. The molecule has 112 valence electrons. The molecule has 1 aliphatic heterocycles. The van der Waals surface area contributed by atoms with Gasteiger partial charge in [-0.1, -0.05) is 15.9 Å². The maximum Gasteiger partial charge on any atom is 0.404 e. The number of benzene rings is 1. The number of carbonyl (C=O) groups is 1. The molecular formula is C13H11BrF3N3O. The number of halogens is 4. The van der Waals surface area contributed by atoms with Crippen molar-refractivity contribution in [2.24, 2.45) is 5.41 Å². The number of hydrogen-bond acceptors (Lipinski definition) is 3. The molecule has 0 aliphatic carbocycles. The van der Waals surface area contributed by atoms with Crippen molar-refractivity contribution in [1.29, 1.82) is 5.26 Å². The third kappa shape index (κ3) is 2.89. The summed E-state index contributed by atoms with van der Waals surface area (Å²) in [6, 6.07) is 6.24. The van der Waals surface area contributed by atoms with Crippen molar-refractivity contribution in [3.63, 3.8) is 0 Å². The molecule has 1 amide bonds. The molecule has 1 aromatic rings. The summed E-state index contributed by atoms with van der Waals surface area (Å²) in [5, 5.41) is 13.8. The maximum absolute atomic E-state index is 13.3. The first-order valence-electron chi connectivity index (χ1n) is 6.09. The molecule has 0 bridgehead atoms. The van der Waals surface area contributed by atoms with Crippen LogP contribution in [0.15, 0.2) is 22.7 Å². The highest BCUT2D eigenvalue weighted by atomic mass is 79.9. The molecule has 1 heterocycles. The fraction of sp³-hybridized carbons (Fsp3) is 0.385. The van der Waals surface area contributed by atoms with Crippen molar-refractivity contribution in [2.75, 3.05) is 18.4 Å². The lowest BCUT2D eigenvalue weighted by Crippen LogP contribution is -2.49. The Hall–Kier alpha value is -1.59. The van der Waals surface area contributed by atoms with Gasteiger partial charge in [0.15, 0.2) is 5.41 Å². The fourth-order valence-electron chi connectivity index (χ4n) is 2.22. The first kappa shape index (κ1) is 15.8. The van der Waals surface area contributed by atoms with E-state index in [0.717, 1.165) is 0 Å². The number of amides is 1. The molecule has 1 aliphatic rings. The first-order chi connectivity index (χ1) is 9.80. The van der Waals surface area contributed by atoms with Gasteiger partial charge in [0.1, 0.15) is 6.07 Å². The van der Waals surface area contributed by atoms with E-state index in [0.29, 0.717) is 4.47 Å². The topological polar surface area (TPSA) is 64.9 Å². The van der Waals surface area contributed by atoms with Crippen molar-refractivity contribution >= 4 is 27.5 Å². The minimum atomic E-state index is -4.65. The number of hydrogen-bond donors (Lipinski definition) is 2. The van der Waals surface area contributed by atoms with Gasteiger partial charge in [0.05, 0.1) is 11.3 Å². The van der Waals surface area contributed by atoms with Crippen LogP contribution in [0.3, 0.4) is 0 Å². The average Bonchev–Trinajstić information content (AvgIpc) is 2.89. The highest BCUT2D eigenvalue weighted by molar-refractivity contribution is 9.10. The molecule has 1 saturated heterocycles. The quantitative estimate of drug-likeness (QED) is 0.851. The van der Waals surface area contributed by atoms with Crippen LogP contribution in [0.1, 0.15) is 12.0 Å². The van der Waals surface area contributed by atoms with Crippen molar-refractivity contribution in [3.05, 3.63) is 28.2 Å². The molecule has 2 rings (SSSR count). The van der Waals surface area contributed by atoms with Gasteiger partial charge < -0.3 is 10.6 Å². The molecule has 8 heteroatoms. The van der Waals surface area contributed by atoms with Gasteiger partial charge in [-0.3, -0.25) is 4.79 Å². The van der Waals surface area contributed by atoms with E-state index in [1.165, 1.54) is 12.1 Å². The Morgan fingerprint density at radius 3 is 2.71 bits per heavy atom. The zero-order chi connectivity index (χ0) is 15.7. The molecule has 0 radical (unpaired) electrons. The lowest BCUT2D eigenvalue weighted by Gasteiger charge is -2.29. The van der Waals surface area contributed by atoms with Crippen LogP contribution in [0.4, 0.5) is 18.9 Å². The molecule has 2 N–H and O–H groups in total. The Morgan fingerprint density at radius 2 is 2.19 bits per heavy atom. The molecule has 21 heavy (non-hydrogen) atoms. The van der Waals surface area contributed by atoms with Crippen molar-refractivity contribution in [2.45, 2.75) is 12.6 Å². The SMILES string of the molecule is N#Cc1ccc(Br)cc1NC(=O)C1(C(F)(F)F)CCNC1. The Morgan fingerprint density at radius 1 is 1.48 bits per heavy atom. The first-order valence-corrected chi connectivity index (χ1v) is 6.88. The number of nitriles is 1. The van der Waals surface area contributed by atoms with Gasteiger partial charge in [-0.2, -0.15) is 18.4 Å². The molecular weight excluding hydrogens is 351 g/mol. The summed E-state index contributed by atoms with van der Waals surface area (Å²) < 4.78 is 40.3. The summed E-state index contributed by atoms with van der Waals surface area (Å²) >= 11 is 3.16. The molecule has 4 nitrogen and oxygen atoms in total. The van der Waals surface area contributed by atoms with E-state index in [4.69, 9.17) is 5.26 Å². The van der Waals surface area contributed by atoms with Crippen LogP contribution in [-0.2, 0) is 4.79 Å². The number of rotatable bonds is 2. The second-order valence-corrected chi connectivity index (χ2v) is 5.68. The van der Waals surface area contributed by atoms with Crippen LogP contribution in [0, 0.1) is 16.7 Å². The number of anilines is 1. The van der Waals surface area contributed by atoms with E-state index in [1.54, 1.807) is 6.07 Å². The third-order valence-corrected chi connectivity index (χ3v) is 3.98. The summed E-state index contributed by atoms with van der Waals surface area (Å²) in [6.07, 6.45) is -4.97. The molecule has 1 fully saturated rings. The van der Waals surface area contributed by atoms with Crippen molar-refractivity contribution < 1.29 is 18.0 Å². The summed E-state index contributed by atoms with van der Waals surface area (Å²) in [6.45, 7) is -0.339. The summed E-state index contributed by atoms with van der Waals surface area (Å²) in [7, 11) is 0. The Labute approximate surface area is 127 Å². The van der Waals surface area contributed by atoms with Crippen molar-refractivity contribution in [1.82, 2.24) is 5.32 Å². The van der Waals surface area contributed by atoms with Crippen LogP contribution < -0.4 is 10.6 Å². The summed E-state index contributed by atoms with van der Waals surface area (Å²) in [4.78, 5) is 12.2. The standard InChI is InChI=1S/C13H11BrF3N3O/c14-9-2-1-8(6-18)10(5-9)20-11(21)12(13(15,16)17)3-4-19-7-12/h1-2,5,19H,3-4,7H2,(H,20,21). The maximum atomic E-state index is 13.3. The van der Waals surface area contributed by atoms with Crippen molar-refractivity contribution in [3.8, 4) is 6.07 Å². The Bertz CT molecular complexity index is 604. The van der Waals surface area contributed by atoms with Crippen LogP contribution in [0.2, 0.25) is 0 Å². The van der Waals surface area contributed by atoms with Crippen LogP contribution in [0.25, 0.3) is 0 Å². The molecule has 1 aromatic carbocycles. The van der Waals surface area contributed by atoms with E-state index in [2.05, 4.69) is 26.6 Å². The van der Waals surface area contributed by atoms with E-state index >= 15 is 0 Å². The zero-order valence-electron chi connectivity index (χ0n) is 10.7. The average molecular weight is 362 g/mol. The monoisotopic (exact) mass is 361 g/mol. The molecule has 0 saturated carbocycles. The second kappa shape index (κ2) is 5.66. The predicted molar refractivity (Wildman–Crippen MR) is 73.5 cm³/mol. The molecule has 1 unspecified atom stereocenters. The number of alkyl halides is 3. The normalized spacial score (nSPS) is 21.9. The van der Waals surface area contributed by atoms with Gasteiger partial charge in [0.25, 0.3) is 0 Å².